The minimum Gasteiger partial charge on any atom is -0.379 e. The number of nitrogens with two attached hydrogens (primary N) is 1. The molecule has 0 amide bonds. The van der Waals surface area contributed by atoms with Crippen molar-refractivity contribution in [1.29, 1.82) is 0 Å². The summed E-state index contributed by atoms with van der Waals surface area (Å²) in [5.74, 6) is 1.09. The normalized spacial score (nSPS) is 20.8. The van der Waals surface area contributed by atoms with Crippen molar-refractivity contribution < 1.29 is 9.47 Å². The number of aryl methyl sites for hydroxylation is 1. The summed E-state index contributed by atoms with van der Waals surface area (Å²) in [4.78, 5) is 13.1. The maximum Gasteiger partial charge on any atom is 0.222 e. The van der Waals surface area contributed by atoms with Crippen LogP contribution in [0, 0.1) is 6.92 Å². The van der Waals surface area contributed by atoms with Crippen LogP contribution in [0.15, 0.2) is 24.3 Å². The Hall–Kier alpha value is -2.09. The number of aromatic nitrogens is 2. The third-order valence-corrected chi connectivity index (χ3v) is 5.71. The van der Waals surface area contributed by atoms with Crippen molar-refractivity contribution in [3.63, 3.8) is 0 Å². The first-order valence-electron chi connectivity index (χ1n) is 9.58. The molecule has 1 aromatic carbocycles. The molecular weight excluding hydrogens is 378 g/mol. The van der Waals surface area contributed by atoms with E-state index in [1.807, 2.05) is 19.1 Å². The van der Waals surface area contributed by atoms with Crippen LogP contribution in [0.4, 0.5) is 17.5 Å². The second kappa shape index (κ2) is 8.11. The van der Waals surface area contributed by atoms with E-state index in [1.165, 1.54) is 0 Å². The van der Waals surface area contributed by atoms with Crippen LogP contribution in [-0.4, -0.2) is 56.0 Å². The van der Waals surface area contributed by atoms with Gasteiger partial charge in [0.05, 0.1) is 18.8 Å². The van der Waals surface area contributed by atoms with Crippen molar-refractivity contribution in [1.82, 2.24) is 9.97 Å². The largest absolute Gasteiger partial charge is 0.379 e. The summed E-state index contributed by atoms with van der Waals surface area (Å²) in [6, 6.07) is 8.19. The third-order valence-electron chi connectivity index (χ3n) is 5.38. The minimum atomic E-state index is -0.0270. The summed E-state index contributed by atoms with van der Waals surface area (Å²) in [7, 11) is 1.75. The van der Waals surface area contributed by atoms with Crippen molar-refractivity contribution in [2.24, 2.45) is 0 Å². The van der Waals surface area contributed by atoms with Crippen LogP contribution in [0.25, 0.3) is 0 Å². The summed E-state index contributed by atoms with van der Waals surface area (Å²) < 4.78 is 11.2. The molecular formula is C20H26ClN5O2. The van der Waals surface area contributed by atoms with Crippen LogP contribution in [-0.2, 0) is 9.47 Å². The van der Waals surface area contributed by atoms with Crippen LogP contribution < -0.4 is 15.5 Å². The van der Waals surface area contributed by atoms with E-state index in [0.717, 1.165) is 53.8 Å². The monoisotopic (exact) mass is 403 g/mol. The molecule has 0 saturated carbocycles. The van der Waals surface area contributed by atoms with E-state index in [0.29, 0.717) is 19.3 Å². The molecule has 2 aliphatic rings. The summed E-state index contributed by atoms with van der Waals surface area (Å²) >= 11 is 6.73. The Bertz CT molecular complexity index is 823. The van der Waals surface area contributed by atoms with Crippen molar-refractivity contribution >= 4 is 29.1 Å². The molecule has 2 aromatic rings. The smallest absolute Gasteiger partial charge is 0.222 e. The number of ether oxygens (including phenoxy) is 2. The van der Waals surface area contributed by atoms with E-state index in [1.54, 1.807) is 7.11 Å². The number of hydrogen-bond donors (Lipinski definition) is 1. The number of nitrogen functional groups attached to an aromatic ring is 1. The molecule has 0 spiro atoms. The molecule has 8 heteroatoms. The van der Waals surface area contributed by atoms with Gasteiger partial charge in [0.2, 0.25) is 5.95 Å². The van der Waals surface area contributed by atoms with Crippen LogP contribution >= 0.6 is 11.6 Å². The van der Waals surface area contributed by atoms with E-state index in [2.05, 4.69) is 31.9 Å². The number of rotatable bonds is 4. The summed E-state index contributed by atoms with van der Waals surface area (Å²) in [6.45, 7) is 5.80. The molecule has 2 aliphatic heterocycles. The van der Waals surface area contributed by atoms with Gasteiger partial charge >= 0.3 is 0 Å². The number of methoxy groups -OCH3 is 1. The van der Waals surface area contributed by atoms with E-state index in [4.69, 9.17) is 26.8 Å². The lowest BCUT2D eigenvalue weighted by atomic mass is 10.0. The number of benzene rings is 1. The van der Waals surface area contributed by atoms with Gasteiger partial charge in [-0.2, -0.15) is 4.98 Å². The highest BCUT2D eigenvalue weighted by atomic mass is 35.5. The average molecular weight is 404 g/mol. The molecule has 0 unspecified atom stereocenters. The lowest BCUT2D eigenvalue weighted by Gasteiger charge is -2.40. The molecule has 4 rings (SSSR count). The van der Waals surface area contributed by atoms with Crippen LogP contribution in [0.1, 0.15) is 23.7 Å². The highest BCUT2D eigenvalue weighted by Gasteiger charge is 2.29. The second-order valence-electron chi connectivity index (χ2n) is 7.33. The molecule has 1 atom stereocenters. The zero-order chi connectivity index (χ0) is 19.7. The zero-order valence-electron chi connectivity index (χ0n) is 16.3. The molecule has 28 heavy (non-hydrogen) atoms. The predicted octanol–water partition coefficient (Wildman–Crippen LogP) is 2.82. The van der Waals surface area contributed by atoms with Gasteiger partial charge in [-0.3, -0.25) is 0 Å². The molecule has 7 nitrogen and oxygen atoms in total. The van der Waals surface area contributed by atoms with Gasteiger partial charge in [0.25, 0.3) is 0 Å². The summed E-state index contributed by atoms with van der Waals surface area (Å²) in [5.41, 5.74) is 8.89. The molecule has 0 aliphatic carbocycles. The molecule has 2 saturated heterocycles. The Morgan fingerprint density at radius 1 is 1.25 bits per heavy atom. The standard InChI is InChI=1S/C20H26ClN5O2/c1-13-8-19(24-20(22)23-13)26-6-3-7-28-12-18(26)16-5-4-14(9-17(16)21)25-10-15(11-25)27-2/h4-5,8-9,15,18H,3,6-7,10-12H2,1-2H3,(H2,22,23,24)/t18-/m1/s1. The Balaban J connectivity index is 1.63. The Morgan fingerprint density at radius 2 is 2.07 bits per heavy atom. The summed E-state index contributed by atoms with van der Waals surface area (Å²) in [5, 5.41) is 0.734. The number of hydrogen-bond acceptors (Lipinski definition) is 7. The van der Waals surface area contributed by atoms with E-state index < -0.39 is 0 Å². The molecule has 2 N–H and O–H groups in total. The molecule has 0 bridgehead atoms. The number of anilines is 3. The van der Waals surface area contributed by atoms with Gasteiger partial charge in [0.1, 0.15) is 5.82 Å². The van der Waals surface area contributed by atoms with Crippen LogP contribution in [0.5, 0.6) is 0 Å². The van der Waals surface area contributed by atoms with Gasteiger partial charge in [-0.25, -0.2) is 4.98 Å². The van der Waals surface area contributed by atoms with Crippen molar-refractivity contribution in [3.05, 3.63) is 40.5 Å². The SMILES string of the molecule is COC1CN(c2ccc([C@H]3COCCCN3c3cc(C)nc(N)n3)c(Cl)c2)C1. The summed E-state index contributed by atoms with van der Waals surface area (Å²) in [6.07, 6.45) is 1.22. The van der Waals surface area contributed by atoms with Crippen LogP contribution in [0.3, 0.4) is 0 Å². The second-order valence-corrected chi connectivity index (χ2v) is 7.74. The van der Waals surface area contributed by atoms with Gasteiger partial charge in [-0.05, 0) is 31.0 Å². The van der Waals surface area contributed by atoms with E-state index in [9.17, 15) is 0 Å². The lowest BCUT2D eigenvalue weighted by Crippen LogP contribution is -2.51. The van der Waals surface area contributed by atoms with Gasteiger partial charge in [-0.15, -0.1) is 0 Å². The maximum absolute atomic E-state index is 6.73. The van der Waals surface area contributed by atoms with E-state index >= 15 is 0 Å². The molecule has 2 fully saturated rings. The van der Waals surface area contributed by atoms with Crippen molar-refractivity contribution in [2.75, 3.05) is 55.5 Å². The maximum atomic E-state index is 6.73. The van der Waals surface area contributed by atoms with Gasteiger partial charge in [-0.1, -0.05) is 17.7 Å². The highest BCUT2D eigenvalue weighted by molar-refractivity contribution is 6.31. The zero-order valence-corrected chi connectivity index (χ0v) is 17.0. The quantitative estimate of drug-likeness (QED) is 0.840. The van der Waals surface area contributed by atoms with Crippen molar-refractivity contribution in [2.45, 2.75) is 25.5 Å². The minimum absolute atomic E-state index is 0.0270. The van der Waals surface area contributed by atoms with Gasteiger partial charge < -0.3 is 25.0 Å². The average Bonchev–Trinajstić information content (AvgIpc) is 2.86. The van der Waals surface area contributed by atoms with Crippen molar-refractivity contribution in [3.8, 4) is 0 Å². The molecule has 1 aromatic heterocycles. The molecule has 0 radical (unpaired) electrons. The van der Waals surface area contributed by atoms with Gasteiger partial charge in [0.15, 0.2) is 0 Å². The first-order chi connectivity index (χ1) is 13.5. The van der Waals surface area contributed by atoms with E-state index in [-0.39, 0.29) is 12.0 Å². The predicted molar refractivity (Wildman–Crippen MR) is 111 cm³/mol. The number of halogens is 1. The fraction of sp³-hybridized carbons (Fsp3) is 0.500. The first kappa shape index (κ1) is 19.2. The van der Waals surface area contributed by atoms with Gasteiger partial charge in [0, 0.05) is 55.8 Å². The first-order valence-corrected chi connectivity index (χ1v) is 9.95. The fourth-order valence-corrected chi connectivity index (χ4v) is 4.11. The topological polar surface area (TPSA) is 76.7 Å². The van der Waals surface area contributed by atoms with Crippen LogP contribution in [0.2, 0.25) is 5.02 Å². The lowest BCUT2D eigenvalue weighted by molar-refractivity contribution is 0.0787. The number of nitrogens with zero attached hydrogens (tertiary/aromatic N) is 4. The third kappa shape index (κ3) is 3.87. The molecule has 3 heterocycles. The Kier molecular flexibility index (Phi) is 5.57. The Morgan fingerprint density at radius 3 is 2.79 bits per heavy atom. The highest BCUT2D eigenvalue weighted by Crippen LogP contribution is 2.36. The Labute approximate surface area is 170 Å². The molecule has 150 valence electrons. The fourth-order valence-electron chi connectivity index (χ4n) is 3.81.